The van der Waals surface area contributed by atoms with Gasteiger partial charge in [-0.2, -0.15) is 11.8 Å². The molecule has 2 heterocycles. The van der Waals surface area contributed by atoms with Crippen molar-refractivity contribution in [2.24, 2.45) is 0 Å². The van der Waals surface area contributed by atoms with Gasteiger partial charge >= 0.3 is 12.2 Å². The fourth-order valence-corrected chi connectivity index (χ4v) is 4.92. The van der Waals surface area contributed by atoms with E-state index in [1.165, 1.54) is 6.92 Å². The average Bonchev–Trinajstić information content (AvgIpc) is 3.09. The first-order chi connectivity index (χ1) is 13.2. The third-order valence-electron chi connectivity index (χ3n) is 4.75. The normalized spacial score (nSPS) is 24.7. The molecule has 4 atom stereocenters. The number of hydrogen-bond donors (Lipinski definition) is 3. The van der Waals surface area contributed by atoms with Crippen molar-refractivity contribution >= 4 is 41.5 Å². The molecular formula is C18H30ClN3O5S. The topological polar surface area (TPSA) is 106 Å². The fraction of sp³-hybridized carbons (Fsp3) is 0.833. The van der Waals surface area contributed by atoms with E-state index < -0.39 is 17.3 Å². The van der Waals surface area contributed by atoms with E-state index >= 15 is 0 Å². The van der Waals surface area contributed by atoms with Crippen LogP contribution < -0.4 is 16.0 Å². The summed E-state index contributed by atoms with van der Waals surface area (Å²) in [7, 11) is 0. The maximum absolute atomic E-state index is 12.0. The summed E-state index contributed by atoms with van der Waals surface area (Å²) >= 11 is 7.46. The zero-order valence-corrected chi connectivity index (χ0v) is 18.2. The van der Waals surface area contributed by atoms with Crippen LogP contribution in [0.2, 0.25) is 0 Å². The third kappa shape index (κ3) is 7.58. The van der Waals surface area contributed by atoms with Gasteiger partial charge in [0.15, 0.2) is 5.56 Å². The molecule has 2 aliphatic rings. The Bertz CT molecular complexity index is 575. The minimum atomic E-state index is -0.820. The number of urea groups is 1. The van der Waals surface area contributed by atoms with Crippen LogP contribution >= 0.6 is 23.4 Å². The third-order valence-corrected chi connectivity index (χ3v) is 6.35. The van der Waals surface area contributed by atoms with E-state index in [0.717, 1.165) is 25.0 Å². The number of amides is 3. The standard InChI is InChI=1S/C18H30ClN3O5S/c1-11(19)26-17(25)27-18(2,3)8-9-20-14(23)7-5-4-6-13-15-12(10-28-13)21-16(24)22-15/h11-13,15H,4-10H2,1-3H3,(H,20,23)(H2,21,22,24)/t11?,12-,13-,15-/m0/s1. The Morgan fingerprint density at radius 2 is 2.11 bits per heavy atom. The Labute approximate surface area is 175 Å². The monoisotopic (exact) mass is 435 g/mol. The summed E-state index contributed by atoms with van der Waals surface area (Å²) in [6.07, 6.45) is 2.85. The van der Waals surface area contributed by atoms with E-state index in [1.807, 2.05) is 11.8 Å². The maximum atomic E-state index is 12.0. The number of nitrogens with one attached hydrogen (secondary N) is 3. The molecule has 0 aromatic heterocycles. The second kappa shape index (κ2) is 10.4. The van der Waals surface area contributed by atoms with Crippen molar-refractivity contribution in [3.05, 3.63) is 0 Å². The zero-order valence-electron chi connectivity index (χ0n) is 16.6. The molecule has 160 valence electrons. The minimum Gasteiger partial charge on any atom is -0.428 e. The number of hydrogen-bond acceptors (Lipinski definition) is 6. The van der Waals surface area contributed by atoms with Crippen molar-refractivity contribution in [1.82, 2.24) is 16.0 Å². The smallest absolute Gasteiger partial charge is 0.428 e. The molecule has 2 aliphatic heterocycles. The second-order valence-electron chi connectivity index (χ2n) is 7.74. The first-order valence-corrected chi connectivity index (χ1v) is 11.1. The van der Waals surface area contributed by atoms with E-state index in [0.29, 0.717) is 24.6 Å². The Balaban J connectivity index is 1.54. The lowest BCUT2D eigenvalue weighted by molar-refractivity contribution is -0.121. The molecule has 3 N–H and O–H groups in total. The van der Waals surface area contributed by atoms with Gasteiger partial charge in [-0.1, -0.05) is 18.0 Å². The van der Waals surface area contributed by atoms with Gasteiger partial charge in [-0.25, -0.2) is 9.59 Å². The Morgan fingerprint density at radius 1 is 1.36 bits per heavy atom. The Hall–Kier alpha value is -1.35. The lowest BCUT2D eigenvalue weighted by Gasteiger charge is -2.25. The van der Waals surface area contributed by atoms with Crippen molar-refractivity contribution < 1.29 is 23.9 Å². The van der Waals surface area contributed by atoms with E-state index in [2.05, 4.69) is 16.0 Å². The van der Waals surface area contributed by atoms with Gasteiger partial charge in [0.25, 0.3) is 0 Å². The number of unbranched alkanes of at least 4 members (excludes halogenated alkanes) is 1. The number of ether oxygens (including phenoxy) is 2. The van der Waals surface area contributed by atoms with Gasteiger partial charge in [-0.3, -0.25) is 4.79 Å². The SMILES string of the molecule is CC(Cl)OC(=O)OC(C)(C)CCNC(=O)CCCC[C@@H]1SC[C@@H]2NC(=O)N[C@@H]21. The number of thioether (sulfide) groups is 1. The summed E-state index contributed by atoms with van der Waals surface area (Å²) in [5, 5.41) is 9.18. The summed E-state index contributed by atoms with van der Waals surface area (Å²) < 4.78 is 9.94. The van der Waals surface area contributed by atoms with Gasteiger partial charge in [0, 0.05) is 30.4 Å². The highest BCUT2D eigenvalue weighted by molar-refractivity contribution is 8.00. The molecule has 0 radical (unpaired) electrons. The van der Waals surface area contributed by atoms with Crippen molar-refractivity contribution in [3.8, 4) is 0 Å². The van der Waals surface area contributed by atoms with Crippen molar-refractivity contribution in [2.75, 3.05) is 12.3 Å². The quantitative estimate of drug-likeness (QED) is 0.211. The zero-order chi connectivity index (χ0) is 20.7. The molecule has 2 rings (SSSR count). The van der Waals surface area contributed by atoms with Crippen LogP contribution in [0, 0.1) is 0 Å². The summed E-state index contributed by atoms with van der Waals surface area (Å²) in [6.45, 7) is 5.45. The summed E-state index contributed by atoms with van der Waals surface area (Å²) in [6, 6.07) is 0.375. The molecule has 0 saturated carbocycles. The number of carbonyl (C=O) groups excluding carboxylic acids is 3. The average molecular weight is 436 g/mol. The number of rotatable bonds is 10. The highest BCUT2D eigenvalue weighted by Crippen LogP contribution is 2.33. The summed E-state index contributed by atoms with van der Waals surface area (Å²) in [5.41, 5.74) is -1.51. The molecule has 28 heavy (non-hydrogen) atoms. The lowest BCUT2D eigenvalue weighted by Crippen LogP contribution is -2.36. The predicted molar refractivity (Wildman–Crippen MR) is 109 cm³/mol. The van der Waals surface area contributed by atoms with Crippen LogP contribution in [0.3, 0.4) is 0 Å². The molecule has 0 bridgehead atoms. The van der Waals surface area contributed by atoms with E-state index in [4.69, 9.17) is 21.1 Å². The van der Waals surface area contributed by atoms with Crippen LogP contribution in [0.1, 0.15) is 52.9 Å². The van der Waals surface area contributed by atoms with Crippen LogP contribution in [0.15, 0.2) is 0 Å². The van der Waals surface area contributed by atoms with E-state index in [1.54, 1.807) is 13.8 Å². The Kier molecular flexibility index (Phi) is 8.55. The van der Waals surface area contributed by atoms with E-state index in [-0.39, 0.29) is 24.0 Å². The number of alkyl halides is 1. The fourth-order valence-electron chi connectivity index (χ4n) is 3.30. The van der Waals surface area contributed by atoms with Crippen LogP contribution in [0.5, 0.6) is 0 Å². The first kappa shape index (κ1) is 22.9. The molecule has 3 amide bonds. The molecule has 1 unspecified atom stereocenters. The molecule has 0 spiro atoms. The molecule has 0 aromatic rings. The van der Waals surface area contributed by atoms with Crippen LogP contribution in [-0.4, -0.2) is 58.9 Å². The largest absolute Gasteiger partial charge is 0.510 e. The number of carbonyl (C=O) groups is 3. The first-order valence-electron chi connectivity index (χ1n) is 9.65. The molecule has 0 aliphatic carbocycles. The minimum absolute atomic E-state index is 0.0134. The highest BCUT2D eigenvalue weighted by Gasteiger charge is 2.42. The van der Waals surface area contributed by atoms with Gasteiger partial charge in [0.1, 0.15) is 5.60 Å². The van der Waals surface area contributed by atoms with Crippen LogP contribution in [-0.2, 0) is 14.3 Å². The van der Waals surface area contributed by atoms with Gasteiger partial charge < -0.3 is 25.4 Å². The second-order valence-corrected chi connectivity index (χ2v) is 9.63. The molecule has 8 nitrogen and oxygen atoms in total. The van der Waals surface area contributed by atoms with Crippen LogP contribution in [0.4, 0.5) is 9.59 Å². The van der Waals surface area contributed by atoms with Gasteiger partial charge in [-0.05, 0) is 33.6 Å². The molecular weight excluding hydrogens is 406 g/mol. The number of halogens is 1. The molecule has 2 saturated heterocycles. The van der Waals surface area contributed by atoms with Crippen molar-refractivity contribution in [2.45, 2.75) is 81.4 Å². The Morgan fingerprint density at radius 3 is 2.82 bits per heavy atom. The van der Waals surface area contributed by atoms with Gasteiger partial charge in [0.05, 0.1) is 12.1 Å². The lowest BCUT2D eigenvalue weighted by atomic mass is 10.0. The van der Waals surface area contributed by atoms with Gasteiger partial charge in [0.2, 0.25) is 5.91 Å². The van der Waals surface area contributed by atoms with E-state index in [9.17, 15) is 14.4 Å². The number of fused-ring (bicyclic) bond motifs is 1. The molecule has 2 fully saturated rings. The predicted octanol–water partition coefficient (Wildman–Crippen LogP) is 2.74. The van der Waals surface area contributed by atoms with Gasteiger partial charge in [-0.15, -0.1) is 0 Å². The molecule has 0 aromatic carbocycles. The van der Waals surface area contributed by atoms with Crippen molar-refractivity contribution in [3.63, 3.8) is 0 Å². The van der Waals surface area contributed by atoms with Crippen LogP contribution in [0.25, 0.3) is 0 Å². The molecule has 10 heteroatoms. The summed E-state index contributed by atoms with van der Waals surface area (Å²) in [4.78, 5) is 34.9. The van der Waals surface area contributed by atoms with Crippen molar-refractivity contribution in [1.29, 1.82) is 0 Å². The maximum Gasteiger partial charge on any atom is 0.510 e. The summed E-state index contributed by atoms with van der Waals surface area (Å²) in [5.74, 6) is 0.935. The highest BCUT2D eigenvalue weighted by atomic mass is 35.5.